The Bertz CT molecular complexity index is 346. The molecule has 2 heteroatoms. The molecule has 2 rings (SSSR count). The average molecular weight is 220 g/mol. The lowest BCUT2D eigenvalue weighted by molar-refractivity contribution is -0.000847. The quantitative estimate of drug-likeness (QED) is 0.826. The SMILES string of the molecule is CC(C)OCC(O)CC1Cc2ccccc21. The van der Waals surface area contributed by atoms with Crippen LogP contribution >= 0.6 is 0 Å². The van der Waals surface area contributed by atoms with Gasteiger partial charge in [0.05, 0.1) is 18.8 Å². The predicted molar refractivity (Wildman–Crippen MR) is 64.6 cm³/mol. The summed E-state index contributed by atoms with van der Waals surface area (Å²) in [5.41, 5.74) is 2.84. The van der Waals surface area contributed by atoms with Gasteiger partial charge >= 0.3 is 0 Å². The van der Waals surface area contributed by atoms with Crippen LogP contribution < -0.4 is 0 Å². The molecule has 1 aliphatic rings. The molecule has 0 fully saturated rings. The average Bonchev–Trinajstić information content (AvgIpc) is 2.23. The third-order valence-corrected chi connectivity index (χ3v) is 3.14. The maximum atomic E-state index is 9.83. The zero-order valence-corrected chi connectivity index (χ0v) is 10.0. The predicted octanol–water partition coefficient (Wildman–Crippen LogP) is 2.50. The Morgan fingerprint density at radius 1 is 1.38 bits per heavy atom. The largest absolute Gasteiger partial charge is 0.391 e. The van der Waals surface area contributed by atoms with Crippen molar-refractivity contribution in [3.63, 3.8) is 0 Å². The Balaban J connectivity index is 1.80. The van der Waals surface area contributed by atoms with Gasteiger partial charge in [0.1, 0.15) is 0 Å². The third kappa shape index (κ3) is 2.63. The molecule has 2 atom stereocenters. The normalized spacial score (nSPS) is 20.4. The number of rotatable bonds is 5. The second-order valence-corrected chi connectivity index (χ2v) is 4.87. The van der Waals surface area contributed by atoms with Gasteiger partial charge in [-0.15, -0.1) is 0 Å². The molecular formula is C14H20O2. The molecule has 1 aromatic rings. The second-order valence-electron chi connectivity index (χ2n) is 4.87. The molecule has 1 aliphatic carbocycles. The van der Waals surface area contributed by atoms with Gasteiger partial charge in [-0.1, -0.05) is 24.3 Å². The molecule has 0 heterocycles. The number of hydrogen-bond donors (Lipinski definition) is 1. The maximum absolute atomic E-state index is 9.83. The topological polar surface area (TPSA) is 29.5 Å². The van der Waals surface area contributed by atoms with Crippen LogP contribution in [0.25, 0.3) is 0 Å². The van der Waals surface area contributed by atoms with E-state index in [-0.39, 0.29) is 12.2 Å². The van der Waals surface area contributed by atoms with E-state index in [0.29, 0.717) is 12.5 Å². The van der Waals surface area contributed by atoms with Gasteiger partial charge in [-0.2, -0.15) is 0 Å². The third-order valence-electron chi connectivity index (χ3n) is 3.14. The highest BCUT2D eigenvalue weighted by Gasteiger charge is 2.27. The summed E-state index contributed by atoms with van der Waals surface area (Å²) in [6.07, 6.45) is 1.79. The second kappa shape index (κ2) is 4.98. The van der Waals surface area contributed by atoms with Crippen LogP contribution in [0, 0.1) is 0 Å². The number of ether oxygens (including phenoxy) is 1. The Kier molecular flexibility index (Phi) is 3.62. The van der Waals surface area contributed by atoms with E-state index < -0.39 is 0 Å². The maximum Gasteiger partial charge on any atom is 0.0779 e. The molecule has 0 saturated heterocycles. The van der Waals surface area contributed by atoms with Crippen molar-refractivity contribution in [3.05, 3.63) is 35.4 Å². The smallest absolute Gasteiger partial charge is 0.0779 e. The highest BCUT2D eigenvalue weighted by molar-refractivity contribution is 5.39. The fourth-order valence-corrected chi connectivity index (χ4v) is 2.27. The first-order valence-electron chi connectivity index (χ1n) is 6.04. The molecule has 2 nitrogen and oxygen atoms in total. The van der Waals surface area contributed by atoms with Crippen LogP contribution in [0.5, 0.6) is 0 Å². The molecule has 2 unspecified atom stereocenters. The Labute approximate surface area is 97.3 Å². The molecule has 1 N–H and O–H groups in total. The first kappa shape index (κ1) is 11.6. The van der Waals surface area contributed by atoms with E-state index >= 15 is 0 Å². The number of fused-ring (bicyclic) bond motifs is 1. The van der Waals surface area contributed by atoms with Crippen molar-refractivity contribution in [2.24, 2.45) is 0 Å². The summed E-state index contributed by atoms with van der Waals surface area (Å²) in [6.45, 7) is 4.44. The van der Waals surface area contributed by atoms with Crippen LogP contribution in [0.15, 0.2) is 24.3 Å². The Morgan fingerprint density at radius 2 is 2.12 bits per heavy atom. The van der Waals surface area contributed by atoms with Crippen LogP contribution in [0.3, 0.4) is 0 Å². The molecule has 0 aliphatic heterocycles. The summed E-state index contributed by atoms with van der Waals surface area (Å²) < 4.78 is 5.41. The molecule has 0 radical (unpaired) electrons. The van der Waals surface area contributed by atoms with E-state index in [9.17, 15) is 5.11 Å². The standard InChI is InChI=1S/C14H20O2/c1-10(2)16-9-13(15)8-12-7-11-5-3-4-6-14(11)12/h3-6,10,12-13,15H,7-9H2,1-2H3. The summed E-state index contributed by atoms with van der Waals surface area (Å²) in [7, 11) is 0. The van der Waals surface area contributed by atoms with Gasteiger partial charge in [-0.25, -0.2) is 0 Å². The van der Waals surface area contributed by atoms with Crippen molar-refractivity contribution in [2.45, 2.75) is 44.8 Å². The van der Waals surface area contributed by atoms with Gasteiger partial charge in [0, 0.05) is 0 Å². The Morgan fingerprint density at radius 3 is 2.81 bits per heavy atom. The fraction of sp³-hybridized carbons (Fsp3) is 0.571. The van der Waals surface area contributed by atoms with E-state index in [1.165, 1.54) is 11.1 Å². The summed E-state index contributed by atoms with van der Waals surface area (Å²) in [4.78, 5) is 0. The summed E-state index contributed by atoms with van der Waals surface area (Å²) in [6, 6.07) is 8.48. The van der Waals surface area contributed by atoms with Crippen LogP contribution in [0.2, 0.25) is 0 Å². The van der Waals surface area contributed by atoms with Gasteiger partial charge in [0.15, 0.2) is 0 Å². The van der Waals surface area contributed by atoms with Gasteiger partial charge in [0.2, 0.25) is 0 Å². The Hall–Kier alpha value is -0.860. The van der Waals surface area contributed by atoms with Crippen LogP contribution in [0.4, 0.5) is 0 Å². The van der Waals surface area contributed by atoms with Crippen molar-refractivity contribution in [1.82, 2.24) is 0 Å². The highest BCUT2D eigenvalue weighted by atomic mass is 16.5. The first-order chi connectivity index (χ1) is 7.66. The van der Waals surface area contributed by atoms with Crippen LogP contribution in [-0.2, 0) is 11.2 Å². The van der Waals surface area contributed by atoms with Crippen LogP contribution in [-0.4, -0.2) is 23.9 Å². The first-order valence-corrected chi connectivity index (χ1v) is 6.04. The van der Waals surface area contributed by atoms with Crippen LogP contribution in [0.1, 0.15) is 37.3 Å². The van der Waals surface area contributed by atoms with E-state index in [0.717, 1.165) is 12.8 Å². The van der Waals surface area contributed by atoms with E-state index in [2.05, 4.69) is 24.3 Å². The van der Waals surface area contributed by atoms with Crippen molar-refractivity contribution in [1.29, 1.82) is 0 Å². The lowest BCUT2D eigenvalue weighted by atomic mass is 9.75. The van der Waals surface area contributed by atoms with Gasteiger partial charge in [0.25, 0.3) is 0 Å². The molecule has 0 amide bonds. The van der Waals surface area contributed by atoms with E-state index in [1.54, 1.807) is 0 Å². The van der Waals surface area contributed by atoms with Crippen molar-refractivity contribution in [3.8, 4) is 0 Å². The zero-order valence-electron chi connectivity index (χ0n) is 10.0. The zero-order chi connectivity index (χ0) is 11.5. The van der Waals surface area contributed by atoms with Crippen molar-refractivity contribution < 1.29 is 9.84 Å². The minimum Gasteiger partial charge on any atom is -0.391 e. The molecule has 16 heavy (non-hydrogen) atoms. The molecule has 0 spiro atoms. The van der Waals surface area contributed by atoms with E-state index in [4.69, 9.17) is 4.74 Å². The number of benzene rings is 1. The monoisotopic (exact) mass is 220 g/mol. The highest BCUT2D eigenvalue weighted by Crippen LogP contribution is 2.37. The van der Waals surface area contributed by atoms with Gasteiger partial charge in [-0.05, 0) is 43.7 Å². The lowest BCUT2D eigenvalue weighted by Gasteiger charge is -2.31. The summed E-state index contributed by atoms with van der Waals surface area (Å²) >= 11 is 0. The summed E-state index contributed by atoms with van der Waals surface area (Å²) in [5, 5.41) is 9.83. The minimum absolute atomic E-state index is 0.198. The lowest BCUT2D eigenvalue weighted by Crippen LogP contribution is -2.26. The number of hydrogen-bond acceptors (Lipinski definition) is 2. The fourth-order valence-electron chi connectivity index (χ4n) is 2.27. The van der Waals surface area contributed by atoms with E-state index in [1.807, 2.05) is 13.8 Å². The molecule has 88 valence electrons. The molecule has 0 bridgehead atoms. The van der Waals surface area contributed by atoms with Crippen molar-refractivity contribution in [2.75, 3.05) is 6.61 Å². The number of aliphatic hydroxyl groups is 1. The van der Waals surface area contributed by atoms with Gasteiger partial charge < -0.3 is 9.84 Å². The minimum atomic E-state index is -0.333. The molecule has 0 aromatic heterocycles. The van der Waals surface area contributed by atoms with Crippen molar-refractivity contribution >= 4 is 0 Å². The molecular weight excluding hydrogens is 200 g/mol. The van der Waals surface area contributed by atoms with Gasteiger partial charge in [-0.3, -0.25) is 0 Å². The summed E-state index contributed by atoms with van der Waals surface area (Å²) in [5.74, 6) is 0.530. The molecule has 0 saturated carbocycles. The number of aliphatic hydroxyl groups excluding tert-OH is 1. The molecule has 1 aromatic carbocycles.